The lowest BCUT2D eigenvalue weighted by Gasteiger charge is -2.07. The third-order valence-electron chi connectivity index (χ3n) is 3.34. The Kier molecular flexibility index (Phi) is 3.10. The predicted octanol–water partition coefficient (Wildman–Crippen LogP) is 1.35. The van der Waals surface area contributed by atoms with Crippen molar-refractivity contribution in [3.8, 4) is 11.3 Å². The average Bonchev–Trinajstić information content (AvgIpc) is 2.51. The summed E-state index contributed by atoms with van der Waals surface area (Å²) < 4.78 is 2.35. The highest BCUT2D eigenvalue weighted by Crippen LogP contribution is 2.20. The highest BCUT2D eigenvalue weighted by molar-refractivity contribution is 6.30. The predicted molar refractivity (Wildman–Crippen MR) is 80.5 cm³/mol. The van der Waals surface area contributed by atoms with E-state index in [1.807, 2.05) is 0 Å². The Balaban J connectivity index is 2.33. The fraction of sp³-hybridized carbons (Fsp3) is 0.143. The Morgan fingerprint density at radius 3 is 2.33 bits per heavy atom. The van der Waals surface area contributed by atoms with Crippen LogP contribution in [-0.2, 0) is 14.1 Å². The van der Waals surface area contributed by atoms with Crippen LogP contribution in [0.5, 0.6) is 0 Å². The van der Waals surface area contributed by atoms with Crippen LogP contribution >= 0.6 is 11.6 Å². The van der Waals surface area contributed by atoms with E-state index in [-0.39, 0.29) is 5.65 Å². The zero-order valence-corrected chi connectivity index (χ0v) is 12.1. The van der Waals surface area contributed by atoms with E-state index >= 15 is 0 Å². The van der Waals surface area contributed by atoms with Gasteiger partial charge in [-0.15, -0.1) is 10.2 Å². The molecule has 0 aliphatic rings. The third-order valence-corrected chi connectivity index (χ3v) is 3.59. The number of benzene rings is 1. The molecular formula is C14H11ClN4O2. The van der Waals surface area contributed by atoms with Crippen LogP contribution in [0.2, 0.25) is 5.02 Å². The smallest absolute Gasteiger partial charge is 0.279 e. The summed E-state index contributed by atoms with van der Waals surface area (Å²) in [5.74, 6) is 0. The van der Waals surface area contributed by atoms with E-state index in [9.17, 15) is 9.59 Å². The molecule has 0 atom stereocenters. The first-order valence-electron chi connectivity index (χ1n) is 6.18. The summed E-state index contributed by atoms with van der Waals surface area (Å²) in [5.41, 5.74) is 0.791. The zero-order chi connectivity index (χ0) is 15.1. The molecule has 0 N–H and O–H groups in total. The number of hydrogen-bond acceptors (Lipinski definition) is 4. The molecule has 0 amide bonds. The Morgan fingerprint density at radius 2 is 1.67 bits per heavy atom. The highest BCUT2D eigenvalue weighted by atomic mass is 35.5. The quantitative estimate of drug-likeness (QED) is 0.680. The molecule has 1 aromatic carbocycles. The third kappa shape index (κ3) is 2.13. The maximum atomic E-state index is 12.2. The van der Waals surface area contributed by atoms with Gasteiger partial charge in [0.2, 0.25) is 0 Å². The summed E-state index contributed by atoms with van der Waals surface area (Å²) in [6.07, 6.45) is 0. The van der Waals surface area contributed by atoms with Gasteiger partial charge in [-0.25, -0.2) is 4.79 Å². The lowest BCUT2D eigenvalue weighted by molar-refractivity contribution is 0.703. The molecule has 0 spiro atoms. The van der Waals surface area contributed by atoms with Crippen molar-refractivity contribution in [1.82, 2.24) is 19.3 Å². The molecule has 106 valence electrons. The van der Waals surface area contributed by atoms with E-state index in [1.54, 1.807) is 37.4 Å². The van der Waals surface area contributed by atoms with Crippen LogP contribution in [-0.4, -0.2) is 19.3 Å². The topological polar surface area (TPSA) is 69.8 Å². The summed E-state index contributed by atoms with van der Waals surface area (Å²) >= 11 is 5.85. The molecule has 6 nitrogen and oxygen atoms in total. The summed E-state index contributed by atoms with van der Waals surface area (Å²) in [6, 6.07) is 8.70. The van der Waals surface area contributed by atoms with Crippen molar-refractivity contribution in [2.24, 2.45) is 14.1 Å². The van der Waals surface area contributed by atoms with Crippen LogP contribution in [0.4, 0.5) is 0 Å². The molecule has 7 heteroatoms. The van der Waals surface area contributed by atoms with Gasteiger partial charge in [-0.2, -0.15) is 0 Å². The van der Waals surface area contributed by atoms with Crippen LogP contribution in [0.15, 0.2) is 39.9 Å². The largest absolute Gasteiger partial charge is 0.332 e. The molecule has 0 radical (unpaired) electrons. The van der Waals surface area contributed by atoms with E-state index in [0.717, 1.165) is 10.1 Å². The van der Waals surface area contributed by atoms with E-state index < -0.39 is 11.2 Å². The maximum absolute atomic E-state index is 12.2. The first-order chi connectivity index (χ1) is 9.99. The number of halogens is 1. The van der Waals surface area contributed by atoms with Gasteiger partial charge < -0.3 is 0 Å². The van der Waals surface area contributed by atoms with Crippen molar-refractivity contribution in [1.29, 1.82) is 0 Å². The van der Waals surface area contributed by atoms with Gasteiger partial charge in [0.1, 0.15) is 0 Å². The second kappa shape index (κ2) is 4.82. The minimum Gasteiger partial charge on any atom is -0.279 e. The number of nitrogens with zero attached hydrogens (tertiary/aromatic N) is 4. The first-order valence-corrected chi connectivity index (χ1v) is 6.56. The molecule has 3 rings (SSSR count). The summed E-state index contributed by atoms with van der Waals surface area (Å²) in [5, 5.41) is 9.05. The van der Waals surface area contributed by atoms with Crippen LogP contribution in [0.25, 0.3) is 22.3 Å². The molecule has 2 heterocycles. The molecule has 2 aromatic heterocycles. The van der Waals surface area contributed by atoms with Crippen molar-refractivity contribution in [3.63, 3.8) is 0 Å². The van der Waals surface area contributed by atoms with Gasteiger partial charge in [-0.1, -0.05) is 23.7 Å². The number of aryl methyl sites for hydroxylation is 1. The van der Waals surface area contributed by atoms with E-state index in [0.29, 0.717) is 16.1 Å². The Bertz CT molecular complexity index is 958. The van der Waals surface area contributed by atoms with Crippen molar-refractivity contribution in [3.05, 3.63) is 56.2 Å². The molecule has 0 unspecified atom stereocenters. The molecule has 0 bridgehead atoms. The van der Waals surface area contributed by atoms with Crippen molar-refractivity contribution < 1.29 is 0 Å². The molecule has 3 aromatic rings. The Morgan fingerprint density at radius 1 is 1.00 bits per heavy atom. The number of rotatable bonds is 1. The molecule has 0 fully saturated rings. The van der Waals surface area contributed by atoms with Gasteiger partial charge in [-0.05, 0) is 18.2 Å². The van der Waals surface area contributed by atoms with E-state index in [2.05, 4.69) is 10.2 Å². The minimum absolute atomic E-state index is 0.265. The zero-order valence-electron chi connectivity index (χ0n) is 11.4. The van der Waals surface area contributed by atoms with Crippen molar-refractivity contribution in [2.75, 3.05) is 0 Å². The SMILES string of the molecule is Cn1c(=O)c2cc(-c3ccc(Cl)cc3)nnc2n(C)c1=O. The fourth-order valence-corrected chi connectivity index (χ4v) is 2.26. The monoisotopic (exact) mass is 302 g/mol. The molecule has 0 aliphatic carbocycles. The van der Waals surface area contributed by atoms with Crippen LogP contribution in [0.3, 0.4) is 0 Å². The summed E-state index contributed by atoms with van der Waals surface area (Å²) in [4.78, 5) is 24.0. The minimum atomic E-state index is -0.430. The van der Waals surface area contributed by atoms with Crippen molar-refractivity contribution in [2.45, 2.75) is 0 Å². The van der Waals surface area contributed by atoms with Crippen LogP contribution in [0, 0.1) is 0 Å². The maximum Gasteiger partial charge on any atom is 0.332 e. The van der Waals surface area contributed by atoms with Gasteiger partial charge >= 0.3 is 5.69 Å². The van der Waals surface area contributed by atoms with Crippen LogP contribution < -0.4 is 11.2 Å². The standard InChI is InChI=1S/C14H11ClN4O2/c1-18-12-10(13(20)19(2)14(18)21)7-11(16-17-12)8-3-5-9(15)6-4-8/h3-7H,1-2H3. The van der Waals surface area contributed by atoms with Gasteiger partial charge in [0.05, 0.1) is 11.1 Å². The van der Waals surface area contributed by atoms with E-state index in [4.69, 9.17) is 11.6 Å². The second-order valence-electron chi connectivity index (χ2n) is 4.68. The number of fused-ring (bicyclic) bond motifs is 1. The number of aromatic nitrogens is 4. The first kappa shape index (κ1) is 13.5. The lowest BCUT2D eigenvalue weighted by atomic mass is 10.1. The van der Waals surface area contributed by atoms with Crippen molar-refractivity contribution >= 4 is 22.6 Å². The average molecular weight is 303 g/mol. The Labute approximate surface area is 124 Å². The van der Waals surface area contributed by atoms with Crippen LogP contribution in [0.1, 0.15) is 0 Å². The van der Waals surface area contributed by atoms with E-state index in [1.165, 1.54) is 11.6 Å². The summed E-state index contributed by atoms with van der Waals surface area (Å²) in [6.45, 7) is 0. The van der Waals surface area contributed by atoms with Gasteiger partial charge in [-0.3, -0.25) is 13.9 Å². The molecular weight excluding hydrogens is 292 g/mol. The highest BCUT2D eigenvalue weighted by Gasteiger charge is 2.11. The number of hydrogen-bond donors (Lipinski definition) is 0. The molecule has 0 saturated heterocycles. The van der Waals surface area contributed by atoms with Gasteiger partial charge in [0.15, 0.2) is 5.65 Å². The molecule has 21 heavy (non-hydrogen) atoms. The molecule has 0 aliphatic heterocycles. The lowest BCUT2D eigenvalue weighted by Crippen LogP contribution is -2.37. The normalized spacial score (nSPS) is 11.0. The second-order valence-corrected chi connectivity index (χ2v) is 5.12. The van der Waals surface area contributed by atoms with Gasteiger partial charge in [0.25, 0.3) is 5.56 Å². The van der Waals surface area contributed by atoms with Gasteiger partial charge in [0, 0.05) is 24.7 Å². The fourth-order valence-electron chi connectivity index (χ4n) is 2.14. The Hall–Kier alpha value is -2.47. The summed E-state index contributed by atoms with van der Waals surface area (Å²) in [7, 11) is 2.99. The molecule has 0 saturated carbocycles.